The van der Waals surface area contributed by atoms with E-state index in [0.717, 1.165) is 31.1 Å². The van der Waals surface area contributed by atoms with Crippen LogP contribution in [0.3, 0.4) is 0 Å². The van der Waals surface area contributed by atoms with Gasteiger partial charge in [0, 0.05) is 17.6 Å². The van der Waals surface area contributed by atoms with Crippen LogP contribution in [0.1, 0.15) is 31.4 Å². The number of halogens is 1. The van der Waals surface area contributed by atoms with Crippen LogP contribution in [0, 0.1) is 6.92 Å². The van der Waals surface area contributed by atoms with Crippen LogP contribution in [0.25, 0.3) is 0 Å². The van der Waals surface area contributed by atoms with Gasteiger partial charge in [0.1, 0.15) is 0 Å². The van der Waals surface area contributed by atoms with Gasteiger partial charge in [0.15, 0.2) is 0 Å². The third kappa shape index (κ3) is 5.53. The maximum Gasteiger partial charge on any atom is 0.0438 e. The number of benzene rings is 1. The van der Waals surface area contributed by atoms with Gasteiger partial charge in [-0.2, -0.15) is 0 Å². The Morgan fingerprint density at radius 1 is 1.24 bits per heavy atom. The van der Waals surface area contributed by atoms with Crippen molar-refractivity contribution in [2.45, 2.75) is 39.8 Å². The molecule has 1 aromatic carbocycles. The van der Waals surface area contributed by atoms with Gasteiger partial charge >= 0.3 is 0 Å². The van der Waals surface area contributed by atoms with Crippen molar-refractivity contribution in [1.82, 2.24) is 10.6 Å². The summed E-state index contributed by atoms with van der Waals surface area (Å²) in [4.78, 5) is 0. The lowest BCUT2D eigenvalue weighted by atomic mass is 10.1. The summed E-state index contributed by atoms with van der Waals surface area (Å²) in [5.74, 6) is 0. The highest BCUT2D eigenvalue weighted by Gasteiger charge is 2.01. The molecule has 0 aromatic heterocycles. The van der Waals surface area contributed by atoms with Crippen LogP contribution in [-0.4, -0.2) is 19.1 Å². The average molecular weight is 255 g/mol. The molecule has 0 saturated carbocycles. The Morgan fingerprint density at radius 3 is 2.71 bits per heavy atom. The van der Waals surface area contributed by atoms with Crippen LogP contribution >= 0.6 is 11.6 Å². The minimum Gasteiger partial charge on any atom is -0.314 e. The zero-order valence-corrected chi connectivity index (χ0v) is 11.8. The third-order valence-corrected chi connectivity index (χ3v) is 3.19. The summed E-state index contributed by atoms with van der Waals surface area (Å²) in [6, 6.07) is 6.64. The highest BCUT2D eigenvalue weighted by Crippen LogP contribution is 2.18. The van der Waals surface area contributed by atoms with Crippen molar-refractivity contribution in [3.05, 3.63) is 34.3 Å². The first-order valence-electron chi connectivity index (χ1n) is 6.29. The Labute approximate surface area is 110 Å². The molecule has 17 heavy (non-hydrogen) atoms. The summed E-state index contributed by atoms with van der Waals surface area (Å²) in [5.41, 5.74) is 2.47. The quantitative estimate of drug-likeness (QED) is 0.731. The van der Waals surface area contributed by atoms with E-state index < -0.39 is 0 Å². The second-order valence-electron chi connectivity index (χ2n) is 4.66. The summed E-state index contributed by atoms with van der Waals surface area (Å²) >= 11 is 6.07. The van der Waals surface area contributed by atoms with Crippen molar-refractivity contribution in [2.75, 3.05) is 13.1 Å². The summed E-state index contributed by atoms with van der Waals surface area (Å²) in [6.07, 6.45) is 1.15. The first kappa shape index (κ1) is 14.5. The van der Waals surface area contributed by atoms with Crippen molar-refractivity contribution in [3.63, 3.8) is 0 Å². The normalized spacial score (nSPS) is 11.1. The molecule has 0 aliphatic heterocycles. The molecular formula is C14H23ClN2. The standard InChI is InChI=1S/C14H23ClN2/c1-11(2)17-9-5-8-16-10-13-6-4-7-14(15)12(13)3/h4,6-7,11,16-17H,5,8-10H2,1-3H3. The van der Waals surface area contributed by atoms with E-state index in [4.69, 9.17) is 11.6 Å². The van der Waals surface area contributed by atoms with Crippen molar-refractivity contribution < 1.29 is 0 Å². The van der Waals surface area contributed by atoms with Crippen LogP contribution in [-0.2, 0) is 6.54 Å². The van der Waals surface area contributed by atoms with Crippen molar-refractivity contribution in [1.29, 1.82) is 0 Å². The maximum absolute atomic E-state index is 6.07. The smallest absolute Gasteiger partial charge is 0.0438 e. The zero-order valence-electron chi connectivity index (χ0n) is 11.0. The van der Waals surface area contributed by atoms with Crippen LogP contribution in [0.4, 0.5) is 0 Å². The fourth-order valence-electron chi connectivity index (χ4n) is 1.67. The molecule has 2 N–H and O–H groups in total. The highest BCUT2D eigenvalue weighted by atomic mass is 35.5. The molecule has 0 heterocycles. The van der Waals surface area contributed by atoms with E-state index in [0.29, 0.717) is 6.04 Å². The molecule has 0 aliphatic carbocycles. The molecular weight excluding hydrogens is 232 g/mol. The van der Waals surface area contributed by atoms with Gasteiger partial charge in [-0.1, -0.05) is 37.6 Å². The van der Waals surface area contributed by atoms with E-state index in [1.807, 2.05) is 12.1 Å². The lowest BCUT2D eigenvalue weighted by molar-refractivity contribution is 0.547. The summed E-state index contributed by atoms with van der Waals surface area (Å²) < 4.78 is 0. The number of nitrogens with one attached hydrogen (secondary N) is 2. The van der Waals surface area contributed by atoms with Gasteiger partial charge in [-0.25, -0.2) is 0 Å². The molecule has 2 nitrogen and oxygen atoms in total. The largest absolute Gasteiger partial charge is 0.314 e. The summed E-state index contributed by atoms with van der Waals surface area (Å²) in [5, 5.41) is 7.70. The molecule has 1 rings (SSSR count). The minimum atomic E-state index is 0.574. The van der Waals surface area contributed by atoms with Gasteiger partial charge in [-0.05, 0) is 43.6 Å². The third-order valence-electron chi connectivity index (χ3n) is 2.78. The first-order chi connectivity index (χ1) is 8.11. The van der Waals surface area contributed by atoms with Gasteiger partial charge in [-0.3, -0.25) is 0 Å². The average Bonchev–Trinajstić information content (AvgIpc) is 2.28. The van der Waals surface area contributed by atoms with Gasteiger partial charge in [-0.15, -0.1) is 0 Å². The molecule has 1 aromatic rings. The zero-order chi connectivity index (χ0) is 12.7. The molecule has 0 aliphatic rings. The maximum atomic E-state index is 6.07. The molecule has 0 bridgehead atoms. The Morgan fingerprint density at radius 2 is 2.00 bits per heavy atom. The van der Waals surface area contributed by atoms with Crippen LogP contribution in [0.5, 0.6) is 0 Å². The second kappa shape index (κ2) is 7.70. The predicted octanol–water partition coefficient (Wildman–Crippen LogP) is 3.13. The molecule has 0 fully saturated rings. The first-order valence-corrected chi connectivity index (χ1v) is 6.67. The van der Waals surface area contributed by atoms with Crippen LogP contribution in [0.2, 0.25) is 5.02 Å². The monoisotopic (exact) mass is 254 g/mol. The molecule has 0 atom stereocenters. The van der Waals surface area contributed by atoms with E-state index in [1.54, 1.807) is 0 Å². The number of hydrogen-bond acceptors (Lipinski definition) is 2. The van der Waals surface area contributed by atoms with Gasteiger partial charge in [0.25, 0.3) is 0 Å². The van der Waals surface area contributed by atoms with E-state index in [9.17, 15) is 0 Å². The Balaban J connectivity index is 2.20. The van der Waals surface area contributed by atoms with Crippen molar-refractivity contribution in [2.24, 2.45) is 0 Å². The fraction of sp³-hybridized carbons (Fsp3) is 0.571. The van der Waals surface area contributed by atoms with E-state index in [2.05, 4.69) is 37.5 Å². The van der Waals surface area contributed by atoms with E-state index in [-0.39, 0.29) is 0 Å². The summed E-state index contributed by atoms with van der Waals surface area (Å²) in [6.45, 7) is 9.41. The summed E-state index contributed by atoms with van der Waals surface area (Å²) in [7, 11) is 0. The van der Waals surface area contributed by atoms with Gasteiger partial charge < -0.3 is 10.6 Å². The van der Waals surface area contributed by atoms with E-state index >= 15 is 0 Å². The molecule has 0 unspecified atom stereocenters. The second-order valence-corrected chi connectivity index (χ2v) is 5.07. The van der Waals surface area contributed by atoms with Crippen LogP contribution in [0.15, 0.2) is 18.2 Å². The van der Waals surface area contributed by atoms with E-state index in [1.165, 1.54) is 11.1 Å². The molecule has 0 radical (unpaired) electrons. The molecule has 0 saturated heterocycles. The van der Waals surface area contributed by atoms with Gasteiger partial charge in [0.05, 0.1) is 0 Å². The number of rotatable bonds is 7. The fourth-order valence-corrected chi connectivity index (χ4v) is 1.86. The molecule has 3 heteroatoms. The van der Waals surface area contributed by atoms with Crippen LogP contribution < -0.4 is 10.6 Å². The number of hydrogen-bond donors (Lipinski definition) is 2. The Bertz CT molecular complexity index is 337. The van der Waals surface area contributed by atoms with Crippen molar-refractivity contribution in [3.8, 4) is 0 Å². The minimum absolute atomic E-state index is 0.574. The molecule has 0 amide bonds. The molecule has 0 spiro atoms. The topological polar surface area (TPSA) is 24.1 Å². The highest BCUT2D eigenvalue weighted by molar-refractivity contribution is 6.31. The molecule has 96 valence electrons. The van der Waals surface area contributed by atoms with Crippen molar-refractivity contribution >= 4 is 11.6 Å². The lowest BCUT2D eigenvalue weighted by Gasteiger charge is -2.10. The Kier molecular flexibility index (Phi) is 6.56. The SMILES string of the molecule is Cc1c(Cl)cccc1CNCCCNC(C)C. The Hall–Kier alpha value is -0.570. The lowest BCUT2D eigenvalue weighted by Crippen LogP contribution is -2.26. The van der Waals surface area contributed by atoms with Gasteiger partial charge in [0.2, 0.25) is 0 Å². The predicted molar refractivity (Wildman–Crippen MR) is 75.7 cm³/mol.